The molecule has 1 heterocycles. The molecular formula is C15H18ClFN2O. The highest BCUT2D eigenvalue weighted by molar-refractivity contribution is 6.31. The first kappa shape index (κ1) is 13.8. The van der Waals surface area contributed by atoms with E-state index in [0.717, 1.165) is 19.3 Å². The molecule has 0 radical (unpaired) electrons. The molecule has 108 valence electrons. The van der Waals surface area contributed by atoms with E-state index in [1.54, 1.807) is 0 Å². The van der Waals surface area contributed by atoms with Crippen molar-refractivity contribution in [3.63, 3.8) is 0 Å². The highest BCUT2D eigenvalue weighted by Gasteiger charge is 2.32. The molecular weight excluding hydrogens is 279 g/mol. The maximum atomic E-state index is 13.4. The average molecular weight is 297 g/mol. The molecule has 5 heteroatoms. The monoisotopic (exact) mass is 296 g/mol. The van der Waals surface area contributed by atoms with E-state index in [2.05, 4.69) is 10.3 Å². The summed E-state index contributed by atoms with van der Waals surface area (Å²) in [4.78, 5) is 4.44. The van der Waals surface area contributed by atoms with Crippen LogP contribution in [-0.4, -0.2) is 17.6 Å². The van der Waals surface area contributed by atoms with Crippen LogP contribution in [0.5, 0.6) is 0 Å². The molecule has 1 aromatic heterocycles. The Bertz CT molecular complexity index is 581. The summed E-state index contributed by atoms with van der Waals surface area (Å²) < 4.78 is 19.1. The molecule has 1 N–H and O–H groups in total. The highest BCUT2D eigenvalue weighted by atomic mass is 35.5. The molecule has 0 aliphatic heterocycles. The van der Waals surface area contributed by atoms with Gasteiger partial charge in [0, 0.05) is 18.0 Å². The quantitative estimate of drug-likeness (QED) is 0.927. The number of halogens is 2. The molecule has 0 spiro atoms. The summed E-state index contributed by atoms with van der Waals surface area (Å²) in [5.74, 6) is 0.181. The predicted molar refractivity (Wildman–Crippen MR) is 77.6 cm³/mol. The van der Waals surface area contributed by atoms with Crippen LogP contribution >= 0.6 is 11.6 Å². The van der Waals surface area contributed by atoms with Crippen LogP contribution in [0.15, 0.2) is 16.5 Å². The van der Waals surface area contributed by atoms with Crippen molar-refractivity contribution < 1.29 is 8.81 Å². The van der Waals surface area contributed by atoms with E-state index < -0.39 is 5.82 Å². The zero-order valence-electron chi connectivity index (χ0n) is 11.5. The number of oxazole rings is 1. The third-order valence-corrected chi connectivity index (χ3v) is 4.60. The van der Waals surface area contributed by atoms with Gasteiger partial charge in [0.25, 0.3) is 0 Å². The van der Waals surface area contributed by atoms with Gasteiger partial charge in [-0.15, -0.1) is 0 Å². The summed E-state index contributed by atoms with van der Waals surface area (Å²) in [5.41, 5.74) is 1.14. The van der Waals surface area contributed by atoms with Crippen molar-refractivity contribution in [3.05, 3.63) is 28.9 Å². The second-order valence-corrected chi connectivity index (χ2v) is 6.02. The normalized spacial score (nSPS) is 18.6. The lowest BCUT2D eigenvalue weighted by molar-refractivity contribution is 0.230. The number of hydrogen-bond donors (Lipinski definition) is 1. The summed E-state index contributed by atoms with van der Waals surface area (Å²) in [7, 11) is 1.99. The number of benzene rings is 1. The van der Waals surface area contributed by atoms with Crippen molar-refractivity contribution in [2.24, 2.45) is 0 Å². The molecule has 0 bridgehead atoms. The van der Waals surface area contributed by atoms with E-state index in [-0.39, 0.29) is 10.6 Å². The Kier molecular flexibility index (Phi) is 3.69. The van der Waals surface area contributed by atoms with Gasteiger partial charge in [0.1, 0.15) is 11.3 Å². The van der Waals surface area contributed by atoms with Gasteiger partial charge < -0.3 is 9.73 Å². The second kappa shape index (κ2) is 5.34. The molecule has 20 heavy (non-hydrogen) atoms. The van der Waals surface area contributed by atoms with E-state index in [9.17, 15) is 4.39 Å². The van der Waals surface area contributed by atoms with E-state index in [0.29, 0.717) is 17.0 Å². The molecule has 1 aliphatic rings. The molecule has 1 fully saturated rings. The lowest BCUT2D eigenvalue weighted by Crippen LogP contribution is -2.46. The maximum absolute atomic E-state index is 13.4. The van der Waals surface area contributed by atoms with Crippen molar-refractivity contribution in [2.45, 2.75) is 44.1 Å². The molecule has 1 aromatic carbocycles. The Morgan fingerprint density at radius 3 is 2.80 bits per heavy atom. The summed E-state index contributed by atoms with van der Waals surface area (Å²) in [6.45, 7) is 0. The first-order valence-corrected chi connectivity index (χ1v) is 7.43. The summed E-state index contributed by atoms with van der Waals surface area (Å²) in [6.07, 6.45) is 6.72. The van der Waals surface area contributed by atoms with E-state index in [1.807, 2.05) is 7.05 Å². The van der Waals surface area contributed by atoms with Crippen LogP contribution in [0.4, 0.5) is 4.39 Å². The van der Waals surface area contributed by atoms with Gasteiger partial charge in [-0.2, -0.15) is 0 Å². The lowest BCUT2D eigenvalue weighted by Gasteiger charge is -2.36. The van der Waals surface area contributed by atoms with Crippen molar-refractivity contribution >= 4 is 22.7 Å². The molecule has 0 atom stereocenters. The topological polar surface area (TPSA) is 38.1 Å². The average Bonchev–Trinajstić information content (AvgIpc) is 2.81. The largest absolute Gasteiger partial charge is 0.441 e. The van der Waals surface area contributed by atoms with Crippen molar-refractivity contribution in [1.82, 2.24) is 10.3 Å². The third-order valence-electron chi connectivity index (χ3n) is 4.31. The van der Waals surface area contributed by atoms with Gasteiger partial charge in [-0.3, -0.25) is 0 Å². The first-order chi connectivity index (χ1) is 9.62. The smallest absolute Gasteiger partial charge is 0.197 e. The van der Waals surface area contributed by atoms with E-state index >= 15 is 0 Å². The zero-order valence-corrected chi connectivity index (χ0v) is 12.3. The molecule has 2 aromatic rings. The Labute approximate surface area is 122 Å². The number of likely N-dealkylation sites (N-methyl/N-ethyl adjacent to an activating group) is 1. The molecule has 0 amide bonds. The SMILES string of the molecule is CNC1(Cc2nc3cc(Cl)c(F)cc3o2)CCCCC1. The second-order valence-electron chi connectivity index (χ2n) is 5.61. The van der Waals surface area contributed by atoms with Crippen molar-refractivity contribution in [3.8, 4) is 0 Å². The first-order valence-electron chi connectivity index (χ1n) is 7.05. The molecule has 3 nitrogen and oxygen atoms in total. The van der Waals surface area contributed by atoms with Gasteiger partial charge in [-0.05, 0) is 26.0 Å². The van der Waals surface area contributed by atoms with Crippen LogP contribution in [0.1, 0.15) is 38.0 Å². The Morgan fingerprint density at radius 1 is 1.35 bits per heavy atom. The van der Waals surface area contributed by atoms with Crippen molar-refractivity contribution in [1.29, 1.82) is 0 Å². The number of nitrogens with one attached hydrogen (secondary N) is 1. The molecule has 1 aliphatic carbocycles. The standard InChI is InChI=1S/C15H18ClFN2O/c1-18-15(5-3-2-4-6-15)9-14-19-12-7-10(16)11(17)8-13(12)20-14/h7-8,18H,2-6,9H2,1H3. The Morgan fingerprint density at radius 2 is 2.10 bits per heavy atom. The predicted octanol–water partition coefficient (Wildman–Crippen LogP) is 4.09. The minimum absolute atomic E-state index is 0.0570. The number of aromatic nitrogens is 1. The summed E-state index contributed by atoms with van der Waals surface area (Å²) in [5, 5.41) is 3.51. The van der Waals surface area contributed by atoms with Gasteiger partial charge in [0.05, 0.1) is 5.02 Å². The van der Waals surface area contributed by atoms with Gasteiger partial charge >= 0.3 is 0 Å². The van der Waals surface area contributed by atoms with Crippen molar-refractivity contribution in [2.75, 3.05) is 7.05 Å². The van der Waals surface area contributed by atoms with Gasteiger partial charge in [0.2, 0.25) is 0 Å². The van der Waals surface area contributed by atoms with Crippen LogP contribution in [0, 0.1) is 5.82 Å². The number of rotatable bonds is 3. The number of fused-ring (bicyclic) bond motifs is 1. The van der Waals surface area contributed by atoms with Gasteiger partial charge in [-0.1, -0.05) is 30.9 Å². The molecule has 3 rings (SSSR count). The minimum Gasteiger partial charge on any atom is -0.441 e. The molecule has 0 saturated heterocycles. The third kappa shape index (κ3) is 2.54. The van der Waals surface area contributed by atoms with Crippen LogP contribution in [0.3, 0.4) is 0 Å². The lowest BCUT2D eigenvalue weighted by atomic mass is 9.79. The maximum Gasteiger partial charge on any atom is 0.197 e. The Balaban J connectivity index is 1.90. The fraction of sp³-hybridized carbons (Fsp3) is 0.533. The fourth-order valence-corrected chi connectivity index (χ4v) is 3.24. The fourth-order valence-electron chi connectivity index (χ4n) is 3.08. The van der Waals surface area contributed by atoms with Crippen LogP contribution in [0.25, 0.3) is 11.1 Å². The minimum atomic E-state index is -0.470. The van der Waals surface area contributed by atoms with Crippen LogP contribution in [-0.2, 0) is 6.42 Å². The summed E-state index contributed by atoms with van der Waals surface area (Å²) in [6, 6.07) is 2.83. The Hall–Kier alpha value is -1.13. The van der Waals surface area contributed by atoms with E-state index in [4.69, 9.17) is 16.0 Å². The van der Waals surface area contributed by atoms with Crippen LogP contribution in [0.2, 0.25) is 5.02 Å². The summed E-state index contributed by atoms with van der Waals surface area (Å²) >= 11 is 5.77. The van der Waals surface area contributed by atoms with E-state index in [1.165, 1.54) is 31.4 Å². The number of nitrogens with zero attached hydrogens (tertiary/aromatic N) is 1. The number of hydrogen-bond acceptors (Lipinski definition) is 3. The van der Waals surface area contributed by atoms with Gasteiger partial charge in [0.15, 0.2) is 11.5 Å². The highest BCUT2D eigenvalue weighted by Crippen LogP contribution is 2.32. The molecule has 1 saturated carbocycles. The zero-order chi connectivity index (χ0) is 14.2. The van der Waals surface area contributed by atoms with Gasteiger partial charge in [-0.25, -0.2) is 9.37 Å². The molecule has 0 unspecified atom stereocenters. The van der Waals surface area contributed by atoms with Crippen LogP contribution < -0.4 is 5.32 Å².